The summed E-state index contributed by atoms with van der Waals surface area (Å²) >= 11 is 7.27. The summed E-state index contributed by atoms with van der Waals surface area (Å²) in [6.07, 6.45) is 0. The minimum atomic E-state index is -0.342. The third kappa shape index (κ3) is 3.95. The first kappa shape index (κ1) is 14.8. The quantitative estimate of drug-likeness (QED) is 0.876. The van der Waals surface area contributed by atoms with Crippen molar-refractivity contribution in [1.29, 1.82) is 0 Å². The third-order valence-corrected chi connectivity index (χ3v) is 4.18. The van der Waals surface area contributed by atoms with Crippen LogP contribution in [0.3, 0.4) is 0 Å². The molecule has 2 rings (SSSR count). The summed E-state index contributed by atoms with van der Waals surface area (Å²) in [5, 5.41) is 5.41. The fourth-order valence-electron chi connectivity index (χ4n) is 1.70. The van der Waals surface area contributed by atoms with Crippen LogP contribution in [0.25, 0.3) is 0 Å². The van der Waals surface area contributed by atoms with Gasteiger partial charge >= 0.3 is 6.03 Å². The maximum atomic E-state index is 13.4. The summed E-state index contributed by atoms with van der Waals surface area (Å²) < 4.78 is 14.1. The smallest absolute Gasteiger partial charge is 0.315 e. The zero-order valence-corrected chi connectivity index (χ0v) is 12.4. The SMILES string of the molecule is C[C@@H](NC(=O)NCc1ccccc1F)c1ccc(Cl)s1. The van der Waals surface area contributed by atoms with Gasteiger partial charge in [-0.2, -0.15) is 0 Å². The number of urea groups is 1. The lowest BCUT2D eigenvalue weighted by molar-refractivity contribution is 0.237. The van der Waals surface area contributed by atoms with Crippen molar-refractivity contribution in [3.05, 3.63) is 57.0 Å². The van der Waals surface area contributed by atoms with Gasteiger partial charge < -0.3 is 10.6 Å². The highest BCUT2D eigenvalue weighted by molar-refractivity contribution is 7.16. The van der Waals surface area contributed by atoms with Crippen molar-refractivity contribution < 1.29 is 9.18 Å². The Bertz CT molecular complexity index is 602. The highest BCUT2D eigenvalue weighted by Gasteiger charge is 2.11. The van der Waals surface area contributed by atoms with Crippen molar-refractivity contribution in [2.24, 2.45) is 0 Å². The number of carbonyl (C=O) groups is 1. The average molecular weight is 313 g/mol. The number of hydrogen-bond donors (Lipinski definition) is 2. The fourth-order valence-corrected chi connectivity index (χ4v) is 2.76. The van der Waals surface area contributed by atoms with Crippen molar-refractivity contribution in [3.63, 3.8) is 0 Å². The molecule has 6 heteroatoms. The Morgan fingerprint density at radius 1 is 1.35 bits per heavy atom. The van der Waals surface area contributed by atoms with Gasteiger partial charge in [-0.3, -0.25) is 0 Å². The number of thiophene rings is 1. The third-order valence-electron chi connectivity index (χ3n) is 2.77. The van der Waals surface area contributed by atoms with Crippen LogP contribution >= 0.6 is 22.9 Å². The van der Waals surface area contributed by atoms with E-state index in [1.807, 2.05) is 13.0 Å². The highest BCUT2D eigenvalue weighted by atomic mass is 35.5. The van der Waals surface area contributed by atoms with Crippen molar-refractivity contribution >= 4 is 29.0 Å². The van der Waals surface area contributed by atoms with Gasteiger partial charge in [0.25, 0.3) is 0 Å². The summed E-state index contributed by atoms with van der Waals surface area (Å²) in [7, 11) is 0. The average Bonchev–Trinajstić information content (AvgIpc) is 2.84. The number of halogens is 2. The zero-order valence-electron chi connectivity index (χ0n) is 10.8. The topological polar surface area (TPSA) is 41.1 Å². The largest absolute Gasteiger partial charge is 0.334 e. The van der Waals surface area contributed by atoms with Crippen LogP contribution in [-0.2, 0) is 6.54 Å². The maximum absolute atomic E-state index is 13.4. The molecule has 0 aliphatic heterocycles. The number of nitrogens with one attached hydrogen (secondary N) is 2. The van der Waals surface area contributed by atoms with Gasteiger partial charge in [-0.25, -0.2) is 9.18 Å². The minimum absolute atomic E-state index is 0.145. The predicted octanol–water partition coefficient (Wildman–Crippen LogP) is 4.10. The first-order chi connectivity index (χ1) is 9.56. The Balaban J connectivity index is 1.85. The number of carbonyl (C=O) groups excluding carboxylic acids is 1. The van der Waals surface area contributed by atoms with Gasteiger partial charge in [0, 0.05) is 17.0 Å². The molecule has 0 bridgehead atoms. The molecule has 1 aromatic carbocycles. The Labute approximate surface area is 125 Å². The van der Waals surface area contributed by atoms with Crippen molar-refractivity contribution in [3.8, 4) is 0 Å². The van der Waals surface area contributed by atoms with Crippen molar-refractivity contribution in [2.45, 2.75) is 19.5 Å². The number of hydrogen-bond acceptors (Lipinski definition) is 2. The summed E-state index contributed by atoms with van der Waals surface area (Å²) in [5.74, 6) is -0.328. The molecule has 0 spiro atoms. The summed E-state index contributed by atoms with van der Waals surface area (Å²) in [6, 6.07) is 9.52. The molecule has 0 saturated carbocycles. The predicted molar refractivity (Wildman–Crippen MR) is 79.5 cm³/mol. The van der Waals surface area contributed by atoms with Gasteiger partial charge in [0.1, 0.15) is 5.82 Å². The molecule has 1 aromatic heterocycles. The van der Waals surface area contributed by atoms with E-state index in [2.05, 4.69) is 10.6 Å². The first-order valence-corrected chi connectivity index (χ1v) is 7.28. The van der Waals surface area contributed by atoms with Crippen molar-refractivity contribution in [2.75, 3.05) is 0 Å². The van der Waals surface area contributed by atoms with Crippen molar-refractivity contribution in [1.82, 2.24) is 10.6 Å². The molecule has 106 valence electrons. The molecule has 2 N–H and O–H groups in total. The van der Waals surface area contributed by atoms with Gasteiger partial charge in [-0.05, 0) is 25.1 Å². The highest BCUT2D eigenvalue weighted by Crippen LogP contribution is 2.26. The van der Waals surface area contributed by atoms with Crippen LogP contribution in [0.4, 0.5) is 9.18 Å². The Morgan fingerprint density at radius 2 is 2.10 bits per heavy atom. The molecule has 0 aliphatic rings. The van der Waals surface area contributed by atoms with E-state index in [1.54, 1.807) is 24.3 Å². The molecule has 0 unspecified atom stereocenters. The minimum Gasteiger partial charge on any atom is -0.334 e. The molecule has 0 fully saturated rings. The maximum Gasteiger partial charge on any atom is 0.315 e. The fraction of sp³-hybridized carbons (Fsp3) is 0.214. The van der Waals surface area contributed by atoms with Crippen LogP contribution in [0.1, 0.15) is 23.4 Å². The lowest BCUT2D eigenvalue weighted by atomic mass is 10.2. The van der Waals surface area contributed by atoms with E-state index in [0.717, 1.165) is 4.88 Å². The van der Waals surface area contributed by atoms with Gasteiger partial charge in [-0.15, -0.1) is 11.3 Å². The molecule has 20 heavy (non-hydrogen) atoms. The molecular formula is C14H14ClFN2OS. The second-order valence-electron chi connectivity index (χ2n) is 4.28. The first-order valence-electron chi connectivity index (χ1n) is 6.09. The molecule has 1 heterocycles. The van der Waals surface area contributed by atoms with E-state index >= 15 is 0 Å². The molecular weight excluding hydrogens is 299 g/mol. The van der Waals surface area contributed by atoms with Crippen LogP contribution in [-0.4, -0.2) is 6.03 Å². The molecule has 1 atom stereocenters. The van der Waals surface area contributed by atoms with Crippen LogP contribution in [0, 0.1) is 5.82 Å². The molecule has 3 nitrogen and oxygen atoms in total. The van der Waals surface area contributed by atoms with Crippen LogP contribution in [0.5, 0.6) is 0 Å². The van der Waals surface area contributed by atoms with E-state index in [9.17, 15) is 9.18 Å². The zero-order chi connectivity index (χ0) is 14.5. The molecule has 0 aliphatic carbocycles. The lowest BCUT2D eigenvalue weighted by Crippen LogP contribution is -2.36. The van der Waals surface area contributed by atoms with E-state index in [-0.39, 0.29) is 24.4 Å². The Hall–Kier alpha value is -1.59. The molecule has 0 saturated heterocycles. The monoisotopic (exact) mass is 312 g/mol. The lowest BCUT2D eigenvalue weighted by Gasteiger charge is -2.13. The standard InChI is InChI=1S/C14H14ClFN2OS/c1-9(12-6-7-13(15)20-12)18-14(19)17-8-10-4-2-3-5-11(10)16/h2-7,9H,8H2,1H3,(H2,17,18,19)/t9-/m1/s1. The van der Waals surface area contributed by atoms with E-state index in [0.29, 0.717) is 9.90 Å². The van der Waals surface area contributed by atoms with E-state index in [4.69, 9.17) is 11.6 Å². The van der Waals surface area contributed by atoms with E-state index in [1.165, 1.54) is 17.4 Å². The van der Waals surface area contributed by atoms with Crippen LogP contribution in [0.2, 0.25) is 4.34 Å². The van der Waals surface area contributed by atoms with Gasteiger partial charge in [0.2, 0.25) is 0 Å². The summed E-state index contributed by atoms with van der Waals surface area (Å²) in [6.45, 7) is 2.02. The second kappa shape index (κ2) is 6.72. The Morgan fingerprint density at radius 3 is 2.75 bits per heavy atom. The molecule has 2 aromatic rings. The van der Waals surface area contributed by atoms with Crippen LogP contribution in [0.15, 0.2) is 36.4 Å². The summed E-state index contributed by atoms with van der Waals surface area (Å²) in [4.78, 5) is 12.7. The molecule has 0 radical (unpaired) electrons. The number of amides is 2. The van der Waals surface area contributed by atoms with Crippen LogP contribution < -0.4 is 10.6 Å². The van der Waals surface area contributed by atoms with E-state index < -0.39 is 0 Å². The number of benzene rings is 1. The second-order valence-corrected chi connectivity index (χ2v) is 6.03. The number of rotatable bonds is 4. The van der Waals surface area contributed by atoms with Gasteiger partial charge in [0.05, 0.1) is 10.4 Å². The molecule has 2 amide bonds. The van der Waals surface area contributed by atoms with Gasteiger partial charge in [-0.1, -0.05) is 29.8 Å². The van der Waals surface area contributed by atoms with Gasteiger partial charge in [0.15, 0.2) is 0 Å². The summed E-state index contributed by atoms with van der Waals surface area (Å²) in [5.41, 5.74) is 0.453. The normalized spacial score (nSPS) is 11.9. The Kier molecular flexibility index (Phi) is 4.98.